The summed E-state index contributed by atoms with van der Waals surface area (Å²) in [5.41, 5.74) is 3.01. The molecule has 0 aliphatic heterocycles. The highest BCUT2D eigenvalue weighted by Gasteiger charge is 2.12. The average Bonchev–Trinajstić information content (AvgIpc) is 2.62. The second-order valence-corrected chi connectivity index (χ2v) is 6.38. The van der Waals surface area contributed by atoms with Crippen molar-refractivity contribution < 1.29 is 14.7 Å². The third-order valence-corrected chi connectivity index (χ3v) is 4.06. The summed E-state index contributed by atoms with van der Waals surface area (Å²) in [4.78, 5) is 24.1. The van der Waals surface area contributed by atoms with E-state index in [0.29, 0.717) is 24.1 Å². The molecule has 0 aliphatic rings. The number of carbonyl (C=O) groups is 2. The second-order valence-electron chi connectivity index (χ2n) is 6.38. The Morgan fingerprint density at radius 1 is 1.12 bits per heavy atom. The Morgan fingerprint density at radius 2 is 1.85 bits per heavy atom. The standard InChI is InChI=1S/C21H26N2O3/c1-3-7-20(25)23-19-13-17(11-10-15(19)2)21(26)22-14-18(24)12-16-8-5-4-6-9-16/h4-6,8-11,13,18,24H,3,7,12,14H2,1-2H3,(H,22,26)(H,23,25)/t18-/m0/s1. The molecule has 0 saturated heterocycles. The molecular weight excluding hydrogens is 328 g/mol. The second kappa shape index (κ2) is 9.73. The van der Waals surface area contributed by atoms with E-state index in [4.69, 9.17) is 0 Å². The van der Waals surface area contributed by atoms with Crippen LogP contribution in [0.5, 0.6) is 0 Å². The van der Waals surface area contributed by atoms with Gasteiger partial charge >= 0.3 is 0 Å². The van der Waals surface area contributed by atoms with E-state index in [9.17, 15) is 14.7 Å². The summed E-state index contributed by atoms with van der Waals surface area (Å²) in [6, 6.07) is 14.8. The van der Waals surface area contributed by atoms with Crippen molar-refractivity contribution in [2.45, 2.75) is 39.2 Å². The minimum Gasteiger partial charge on any atom is -0.391 e. The van der Waals surface area contributed by atoms with Crippen LogP contribution in [0.15, 0.2) is 48.5 Å². The van der Waals surface area contributed by atoms with Crippen LogP contribution >= 0.6 is 0 Å². The number of hydrogen-bond donors (Lipinski definition) is 3. The molecule has 138 valence electrons. The van der Waals surface area contributed by atoms with Crippen molar-refractivity contribution in [2.75, 3.05) is 11.9 Å². The molecule has 0 unspecified atom stereocenters. The quantitative estimate of drug-likeness (QED) is 0.682. The lowest BCUT2D eigenvalue weighted by Gasteiger charge is -2.13. The van der Waals surface area contributed by atoms with Crippen molar-refractivity contribution in [1.29, 1.82) is 0 Å². The molecule has 0 aliphatic carbocycles. The topological polar surface area (TPSA) is 78.4 Å². The van der Waals surface area contributed by atoms with Crippen LogP contribution in [0.4, 0.5) is 5.69 Å². The van der Waals surface area contributed by atoms with Crippen LogP contribution in [0.3, 0.4) is 0 Å². The van der Waals surface area contributed by atoms with Crippen LogP contribution in [0, 0.1) is 6.92 Å². The summed E-state index contributed by atoms with van der Waals surface area (Å²) in [5, 5.41) is 15.7. The molecule has 0 heterocycles. The number of benzene rings is 2. The summed E-state index contributed by atoms with van der Waals surface area (Å²) in [7, 11) is 0. The smallest absolute Gasteiger partial charge is 0.251 e. The van der Waals surface area contributed by atoms with Crippen molar-refractivity contribution in [1.82, 2.24) is 5.32 Å². The summed E-state index contributed by atoms with van der Waals surface area (Å²) in [6.45, 7) is 3.99. The zero-order chi connectivity index (χ0) is 18.9. The van der Waals surface area contributed by atoms with E-state index in [1.165, 1.54) is 0 Å². The number of rotatable bonds is 8. The fraction of sp³-hybridized carbons (Fsp3) is 0.333. The molecule has 0 radical (unpaired) electrons. The summed E-state index contributed by atoms with van der Waals surface area (Å²) >= 11 is 0. The molecule has 26 heavy (non-hydrogen) atoms. The molecule has 0 bridgehead atoms. The third kappa shape index (κ3) is 6.01. The van der Waals surface area contributed by atoms with Gasteiger partial charge < -0.3 is 15.7 Å². The molecule has 0 aromatic heterocycles. The van der Waals surface area contributed by atoms with Crippen LogP contribution in [-0.4, -0.2) is 29.6 Å². The zero-order valence-corrected chi connectivity index (χ0v) is 15.3. The predicted molar refractivity (Wildman–Crippen MR) is 103 cm³/mol. The van der Waals surface area contributed by atoms with Crippen LogP contribution < -0.4 is 10.6 Å². The average molecular weight is 354 g/mol. The van der Waals surface area contributed by atoms with Gasteiger partial charge in [0.05, 0.1) is 6.10 Å². The Kier molecular flexibility index (Phi) is 7.36. The largest absolute Gasteiger partial charge is 0.391 e. The van der Waals surface area contributed by atoms with Gasteiger partial charge in [-0.25, -0.2) is 0 Å². The molecule has 0 spiro atoms. The van der Waals surface area contributed by atoms with Gasteiger partial charge in [-0.3, -0.25) is 9.59 Å². The fourth-order valence-electron chi connectivity index (χ4n) is 2.61. The lowest BCUT2D eigenvalue weighted by Crippen LogP contribution is -2.33. The maximum absolute atomic E-state index is 12.3. The first-order valence-corrected chi connectivity index (χ1v) is 8.90. The first kappa shape index (κ1) is 19.7. The van der Waals surface area contributed by atoms with Gasteiger partial charge in [-0.1, -0.05) is 43.3 Å². The molecule has 3 N–H and O–H groups in total. The number of amides is 2. The van der Waals surface area contributed by atoms with Gasteiger partial charge in [-0.05, 0) is 36.6 Å². The number of aliphatic hydroxyl groups is 1. The lowest BCUT2D eigenvalue weighted by molar-refractivity contribution is -0.116. The first-order chi connectivity index (χ1) is 12.5. The van der Waals surface area contributed by atoms with E-state index in [2.05, 4.69) is 10.6 Å². The Morgan fingerprint density at radius 3 is 2.54 bits per heavy atom. The Bertz CT molecular complexity index is 744. The van der Waals surface area contributed by atoms with Gasteiger partial charge in [-0.15, -0.1) is 0 Å². The van der Waals surface area contributed by atoms with E-state index in [0.717, 1.165) is 17.5 Å². The van der Waals surface area contributed by atoms with Crippen molar-refractivity contribution in [3.63, 3.8) is 0 Å². The van der Waals surface area contributed by atoms with Gasteiger partial charge in [0.1, 0.15) is 0 Å². The van der Waals surface area contributed by atoms with Crippen molar-refractivity contribution >= 4 is 17.5 Å². The SMILES string of the molecule is CCCC(=O)Nc1cc(C(=O)NC[C@@H](O)Cc2ccccc2)ccc1C. The summed E-state index contributed by atoms with van der Waals surface area (Å²) < 4.78 is 0. The molecule has 0 saturated carbocycles. The summed E-state index contributed by atoms with van der Waals surface area (Å²) in [5.74, 6) is -0.338. The van der Waals surface area contributed by atoms with Crippen molar-refractivity contribution in [2.24, 2.45) is 0 Å². The fourth-order valence-corrected chi connectivity index (χ4v) is 2.61. The highest BCUT2D eigenvalue weighted by Crippen LogP contribution is 2.17. The van der Waals surface area contributed by atoms with Gasteiger partial charge in [0.25, 0.3) is 5.91 Å². The van der Waals surface area contributed by atoms with Crippen molar-refractivity contribution in [3.8, 4) is 0 Å². The molecule has 2 rings (SSSR count). The number of anilines is 1. The molecule has 2 aromatic carbocycles. The molecular formula is C21H26N2O3. The Labute approximate surface area is 154 Å². The number of nitrogens with one attached hydrogen (secondary N) is 2. The van der Waals surface area contributed by atoms with E-state index in [1.807, 2.05) is 44.2 Å². The van der Waals surface area contributed by atoms with Crippen molar-refractivity contribution in [3.05, 3.63) is 65.2 Å². The van der Waals surface area contributed by atoms with E-state index < -0.39 is 6.10 Å². The summed E-state index contributed by atoms with van der Waals surface area (Å²) in [6.07, 6.45) is 1.04. The van der Waals surface area contributed by atoms with E-state index in [-0.39, 0.29) is 18.4 Å². The number of aliphatic hydroxyl groups excluding tert-OH is 1. The van der Waals surface area contributed by atoms with Crippen LogP contribution in [0.25, 0.3) is 0 Å². The minimum atomic E-state index is -0.657. The number of hydrogen-bond acceptors (Lipinski definition) is 3. The van der Waals surface area contributed by atoms with Gasteiger partial charge in [0.15, 0.2) is 0 Å². The lowest BCUT2D eigenvalue weighted by atomic mass is 10.1. The molecule has 0 fully saturated rings. The van der Waals surface area contributed by atoms with Gasteiger partial charge in [0, 0.05) is 30.6 Å². The van der Waals surface area contributed by atoms with Gasteiger partial charge in [0.2, 0.25) is 5.91 Å². The first-order valence-electron chi connectivity index (χ1n) is 8.90. The van der Waals surface area contributed by atoms with Crippen LogP contribution in [0.1, 0.15) is 41.3 Å². The molecule has 1 atom stereocenters. The predicted octanol–water partition coefficient (Wildman–Crippen LogP) is 3.07. The molecule has 2 amide bonds. The normalized spacial score (nSPS) is 11.7. The zero-order valence-electron chi connectivity index (χ0n) is 15.3. The monoisotopic (exact) mass is 354 g/mol. The van der Waals surface area contributed by atoms with E-state index in [1.54, 1.807) is 18.2 Å². The number of carbonyl (C=O) groups excluding carboxylic acids is 2. The van der Waals surface area contributed by atoms with Gasteiger partial charge in [-0.2, -0.15) is 0 Å². The molecule has 5 nitrogen and oxygen atoms in total. The third-order valence-electron chi connectivity index (χ3n) is 4.06. The van der Waals surface area contributed by atoms with E-state index >= 15 is 0 Å². The maximum atomic E-state index is 12.3. The van der Waals surface area contributed by atoms with Crippen LogP contribution in [-0.2, 0) is 11.2 Å². The Balaban J connectivity index is 1.93. The molecule has 5 heteroatoms. The maximum Gasteiger partial charge on any atom is 0.251 e. The highest BCUT2D eigenvalue weighted by molar-refractivity contribution is 5.97. The highest BCUT2D eigenvalue weighted by atomic mass is 16.3. The number of aryl methyl sites for hydroxylation is 1. The molecule has 2 aromatic rings. The minimum absolute atomic E-state index is 0.0635. The van der Waals surface area contributed by atoms with Crippen LogP contribution in [0.2, 0.25) is 0 Å². The Hall–Kier alpha value is -2.66.